The van der Waals surface area contributed by atoms with Crippen molar-refractivity contribution in [2.45, 2.75) is 25.8 Å². The molecule has 1 unspecified atom stereocenters. The van der Waals surface area contributed by atoms with Gasteiger partial charge in [-0.05, 0) is 56.0 Å². The molecule has 0 radical (unpaired) electrons. The molecule has 0 saturated heterocycles. The van der Waals surface area contributed by atoms with Crippen LogP contribution in [0.2, 0.25) is 5.02 Å². The van der Waals surface area contributed by atoms with Gasteiger partial charge in [0.1, 0.15) is 17.7 Å². The number of aromatic nitrogens is 2. The molecule has 0 bridgehead atoms. The molecule has 0 amide bonds. The van der Waals surface area contributed by atoms with E-state index in [0.29, 0.717) is 34.5 Å². The van der Waals surface area contributed by atoms with Crippen molar-refractivity contribution in [3.8, 4) is 6.07 Å². The lowest BCUT2D eigenvalue weighted by Gasteiger charge is -2.17. The van der Waals surface area contributed by atoms with Gasteiger partial charge in [0.2, 0.25) is 5.95 Å². The summed E-state index contributed by atoms with van der Waals surface area (Å²) in [5, 5.41) is 16.8. The summed E-state index contributed by atoms with van der Waals surface area (Å²) in [5.41, 5.74) is 1.60. The van der Waals surface area contributed by atoms with Crippen LogP contribution in [0.5, 0.6) is 0 Å². The second kappa shape index (κ2) is 7.01. The predicted octanol–water partition coefficient (Wildman–Crippen LogP) is 5.25. The van der Waals surface area contributed by atoms with Crippen molar-refractivity contribution in [2.75, 3.05) is 10.6 Å². The first-order chi connectivity index (χ1) is 13.0. The number of nitrogens with zero attached hydrogens (tertiary/aromatic N) is 3. The van der Waals surface area contributed by atoms with Crippen LogP contribution >= 0.6 is 11.6 Å². The molecular formula is C20H17ClFN5. The zero-order valence-electron chi connectivity index (χ0n) is 14.6. The number of halogens is 2. The summed E-state index contributed by atoms with van der Waals surface area (Å²) < 4.78 is 13.4. The molecule has 2 aromatic carbocycles. The maximum atomic E-state index is 13.4. The van der Waals surface area contributed by atoms with Crippen LogP contribution in [-0.4, -0.2) is 16.0 Å². The van der Waals surface area contributed by atoms with Gasteiger partial charge in [0.25, 0.3) is 0 Å². The van der Waals surface area contributed by atoms with Crippen LogP contribution in [0.4, 0.5) is 21.8 Å². The summed E-state index contributed by atoms with van der Waals surface area (Å²) in [4.78, 5) is 9.09. The van der Waals surface area contributed by atoms with Crippen molar-refractivity contribution >= 4 is 40.0 Å². The van der Waals surface area contributed by atoms with Crippen molar-refractivity contribution in [3.63, 3.8) is 0 Å². The fourth-order valence-electron chi connectivity index (χ4n) is 3.04. The summed E-state index contributed by atoms with van der Waals surface area (Å²) in [7, 11) is 0. The molecule has 136 valence electrons. The highest BCUT2D eigenvalue weighted by Gasteiger charge is 2.28. The van der Waals surface area contributed by atoms with Gasteiger partial charge in [0.15, 0.2) is 0 Å². The minimum Gasteiger partial charge on any atom is -0.367 e. The number of para-hydroxylation sites is 1. The van der Waals surface area contributed by atoms with Gasteiger partial charge < -0.3 is 10.6 Å². The highest BCUT2D eigenvalue weighted by molar-refractivity contribution is 6.31. The zero-order valence-corrected chi connectivity index (χ0v) is 15.4. The molecule has 0 spiro atoms. The van der Waals surface area contributed by atoms with Crippen molar-refractivity contribution in [2.24, 2.45) is 5.92 Å². The summed E-state index contributed by atoms with van der Waals surface area (Å²) in [6, 6.07) is 12.2. The molecule has 1 heterocycles. The van der Waals surface area contributed by atoms with Crippen LogP contribution in [0.15, 0.2) is 36.4 Å². The molecule has 1 aliphatic carbocycles. The number of fused-ring (bicyclic) bond motifs is 1. The molecule has 1 aliphatic rings. The lowest BCUT2D eigenvalue weighted by atomic mass is 10.1. The average Bonchev–Trinajstić information content (AvgIpc) is 3.49. The number of nitriles is 1. The van der Waals surface area contributed by atoms with E-state index in [1.54, 1.807) is 12.1 Å². The number of rotatable bonds is 5. The van der Waals surface area contributed by atoms with Crippen molar-refractivity contribution in [1.29, 1.82) is 5.26 Å². The smallest absolute Gasteiger partial charge is 0.229 e. The van der Waals surface area contributed by atoms with Gasteiger partial charge in [0.05, 0.1) is 16.1 Å². The summed E-state index contributed by atoms with van der Waals surface area (Å²) in [5.74, 6) is 1.14. The van der Waals surface area contributed by atoms with Crippen molar-refractivity contribution in [3.05, 3.63) is 52.8 Å². The standard InChI is InChI=1S/C20H17ClFN5/c1-11(12-5-6-12)24-19-15-4-2-3-13(10-23)18(15)26-20(27-19)25-14-7-8-17(22)16(21)9-14/h2-4,7-9,11-12H,5-6H2,1H3,(H2,24,25,26,27). The van der Waals surface area contributed by atoms with Gasteiger partial charge in [-0.3, -0.25) is 0 Å². The van der Waals surface area contributed by atoms with Crippen LogP contribution in [0, 0.1) is 23.1 Å². The first-order valence-electron chi connectivity index (χ1n) is 8.74. The summed E-state index contributed by atoms with van der Waals surface area (Å²) >= 11 is 5.85. The highest BCUT2D eigenvalue weighted by atomic mass is 35.5. The molecule has 27 heavy (non-hydrogen) atoms. The Kier molecular flexibility index (Phi) is 4.54. The largest absolute Gasteiger partial charge is 0.367 e. The molecule has 1 fully saturated rings. The van der Waals surface area contributed by atoms with E-state index in [4.69, 9.17) is 11.6 Å². The Labute approximate surface area is 161 Å². The first-order valence-corrected chi connectivity index (χ1v) is 9.12. The van der Waals surface area contributed by atoms with Crippen molar-refractivity contribution < 1.29 is 4.39 Å². The third-order valence-corrected chi connectivity index (χ3v) is 5.01. The van der Waals surface area contributed by atoms with Gasteiger partial charge in [0, 0.05) is 17.1 Å². The monoisotopic (exact) mass is 381 g/mol. The quantitative estimate of drug-likeness (QED) is 0.631. The van der Waals surface area contributed by atoms with E-state index < -0.39 is 5.82 Å². The Balaban J connectivity index is 1.77. The Hall–Kier alpha value is -2.91. The topological polar surface area (TPSA) is 73.6 Å². The third-order valence-electron chi connectivity index (χ3n) is 4.72. The van der Waals surface area contributed by atoms with Crippen LogP contribution < -0.4 is 10.6 Å². The van der Waals surface area contributed by atoms with Crippen LogP contribution in [0.1, 0.15) is 25.3 Å². The number of hydrogen-bond acceptors (Lipinski definition) is 5. The van der Waals surface area contributed by atoms with E-state index in [2.05, 4.69) is 33.6 Å². The maximum Gasteiger partial charge on any atom is 0.229 e. The summed E-state index contributed by atoms with van der Waals surface area (Å²) in [6.45, 7) is 2.13. The van der Waals surface area contributed by atoms with E-state index in [9.17, 15) is 9.65 Å². The Morgan fingerprint density at radius 2 is 2.07 bits per heavy atom. The molecular weight excluding hydrogens is 365 g/mol. The fraction of sp³-hybridized carbons (Fsp3) is 0.250. The van der Waals surface area contributed by atoms with Gasteiger partial charge in [-0.1, -0.05) is 17.7 Å². The van der Waals surface area contributed by atoms with E-state index in [0.717, 1.165) is 5.39 Å². The molecule has 2 N–H and O–H groups in total. The first kappa shape index (κ1) is 17.5. The van der Waals surface area contributed by atoms with Gasteiger partial charge >= 0.3 is 0 Å². The predicted molar refractivity (Wildman–Crippen MR) is 105 cm³/mol. The maximum absolute atomic E-state index is 13.4. The SMILES string of the molecule is CC(Nc1nc(Nc2ccc(F)c(Cl)c2)nc2c(C#N)cccc12)C1CC1. The number of anilines is 3. The Bertz CT molecular complexity index is 1060. The minimum atomic E-state index is -0.492. The Morgan fingerprint density at radius 3 is 2.78 bits per heavy atom. The van der Waals surface area contributed by atoms with E-state index in [1.165, 1.54) is 25.0 Å². The normalized spacial score (nSPS) is 14.6. The minimum absolute atomic E-state index is 0.0132. The van der Waals surface area contributed by atoms with Gasteiger partial charge in [-0.25, -0.2) is 9.37 Å². The lowest BCUT2D eigenvalue weighted by molar-refractivity contribution is 0.628. The van der Waals surface area contributed by atoms with Crippen LogP contribution in [0.25, 0.3) is 10.9 Å². The van der Waals surface area contributed by atoms with E-state index in [-0.39, 0.29) is 11.1 Å². The molecule has 1 aromatic heterocycles. The Morgan fingerprint density at radius 1 is 1.26 bits per heavy atom. The molecule has 1 atom stereocenters. The molecule has 3 aromatic rings. The fourth-order valence-corrected chi connectivity index (χ4v) is 3.22. The molecule has 1 saturated carbocycles. The van der Waals surface area contributed by atoms with Gasteiger partial charge in [-0.2, -0.15) is 10.2 Å². The van der Waals surface area contributed by atoms with E-state index in [1.807, 2.05) is 12.1 Å². The number of nitrogens with one attached hydrogen (secondary N) is 2. The molecule has 7 heteroatoms. The second-order valence-electron chi connectivity index (χ2n) is 6.73. The van der Waals surface area contributed by atoms with Crippen molar-refractivity contribution in [1.82, 2.24) is 9.97 Å². The number of benzene rings is 2. The molecule has 5 nitrogen and oxygen atoms in total. The van der Waals surface area contributed by atoms with E-state index >= 15 is 0 Å². The molecule has 0 aliphatic heterocycles. The zero-order chi connectivity index (χ0) is 19.0. The van der Waals surface area contributed by atoms with Crippen LogP contribution in [-0.2, 0) is 0 Å². The third kappa shape index (κ3) is 3.64. The molecule has 4 rings (SSSR count). The van der Waals surface area contributed by atoms with Crippen LogP contribution in [0.3, 0.4) is 0 Å². The number of hydrogen-bond donors (Lipinski definition) is 2. The second-order valence-corrected chi connectivity index (χ2v) is 7.14. The van der Waals surface area contributed by atoms with Gasteiger partial charge in [-0.15, -0.1) is 0 Å². The average molecular weight is 382 g/mol. The summed E-state index contributed by atoms with van der Waals surface area (Å²) in [6.07, 6.45) is 2.42. The lowest BCUT2D eigenvalue weighted by Crippen LogP contribution is -2.19. The highest BCUT2D eigenvalue weighted by Crippen LogP contribution is 2.35.